The van der Waals surface area contributed by atoms with Crippen LogP contribution in [0.5, 0.6) is 5.75 Å². The highest BCUT2D eigenvalue weighted by molar-refractivity contribution is 7.80. The molecule has 0 spiro atoms. The minimum atomic E-state index is 0.275. The van der Waals surface area contributed by atoms with Crippen LogP contribution in [0.25, 0.3) is 0 Å². The van der Waals surface area contributed by atoms with E-state index in [-0.39, 0.29) is 6.10 Å². The first kappa shape index (κ1) is 16.9. The average Bonchev–Trinajstić information content (AvgIpc) is 2.38. The van der Waals surface area contributed by atoms with Crippen molar-refractivity contribution in [3.63, 3.8) is 0 Å². The maximum Gasteiger partial charge on any atom is 0.129 e. The van der Waals surface area contributed by atoms with Crippen LogP contribution in [0.15, 0.2) is 24.3 Å². The van der Waals surface area contributed by atoms with Crippen molar-refractivity contribution in [2.75, 3.05) is 33.4 Å². The molecule has 0 amide bonds. The Labute approximate surface area is 126 Å². The summed E-state index contributed by atoms with van der Waals surface area (Å²) in [6.45, 7) is 7.12. The molecule has 0 aromatic heterocycles. The summed E-state index contributed by atoms with van der Waals surface area (Å²) in [5.41, 5.74) is 6.45. The summed E-state index contributed by atoms with van der Waals surface area (Å²) in [6, 6.07) is 7.57. The molecule has 0 aliphatic rings. The molecule has 0 fully saturated rings. The van der Waals surface area contributed by atoms with Gasteiger partial charge in [0.25, 0.3) is 0 Å². The largest absolute Gasteiger partial charge is 0.492 e. The van der Waals surface area contributed by atoms with Crippen molar-refractivity contribution in [1.29, 1.82) is 0 Å². The lowest BCUT2D eigenvalue weighted by molar-refractivity contribution is 0.0616. The maximum absolute atomic E-state index is 5.75. The Hall–Kier alpha value is -1.17. The zero-order chi connectivity index (χ0) is 15.0. The number of ether oxygens (including phenoxy) is 2. The smallest absolute Gasteiger partial charge is 0.129 e. The minimum absolute atomic E-state index is 0.275. The Bertz CT molecular complexity index is 424. The molecule has 0 saturated heterocycles. The van der Waals surface area contributed by atoms with Gasteiger partial charge in [-0.1, -0.05) is 24.4 Å². The van der Waals surface area contributed by atoms with Gasteiger partial charge in [0.15, 0.2) is 0 Å². The molecule has 0 aliphatic carbocycles. The van der Waals surface area contributed by atoms with E-state index in [0.717, 1.165) is 31.0 Å². The second-order valence-corrected chi connectivity index (χ2v) is 5.37. The van der Waals surface area contributed by atoms with E-state index in [4.69, 9.17) is 27.4 Å². The Balaban J connectivity index is 2.32. The highest BCUT2D eigenvalue weighted by Gasteiger charge is 2.06. The predicted molar refractivity (Wildman–Crippen MR) is 86.4 cm³/mol. The molecular formula is C15H24N2O2S. The van der Waals surface area contributed by atoms with E-state index in [1.54, 1.807) is 0 Å². The number of nitrogens with two attached hydrogens (primary N) is 1. The molecular weight excluding hydrogens is 272 g/mol. The molecule has 0 bridgehead atoms. The standard InChI is InChI=1S/C15H24N2O2S/c1-12(2)18-10-8-17(3)9-11-19-14-7-5-4-6-13(14)15(16)20/h4-7,12H,8-11H2,1-3H3,(H2,16,20). The lowest BCUT2D eigenvalue weighted by Gasteiger charge is -2.18. The molecule has 20 heavy (non-hydrogen) atoms. The van der Waals surface area contributed by atoms with Gasteiger partial charge in [0.1, 0.15) is 17.3 Å². The fourth-order valence-electron chi connectivity index (χ4n) is 1.66. The van der Waals surface area contributed by atoms with Crippen molar-refractivity contribution in [2.45, 2.75) is 20.0 Å². The lowest BCUT2D eigenvalue weighted by Crippen LogP contribution is -2.28. The summed E-state index contributed by atoms with van der Waals surface area (Å²) in [5, 5.41) is 0. The molecule has 1 aromatic carbocycles. The van der Waals surface area contributed by atoms with Gasteiger partial charge in [0.2, 0.25) is 0 Å². The van der Waals surface area contributed by atoms with Crippen LogP contribution in [0.3, 0.4) is 0 Å². The van der Waals surface area contributed by atoms with E-state index in [1.165, 1.54) is 0 Å². The van der Waals surface area contributed by atoms with Gasteiger partial charge in [-0.2, -0.15) is 0 Å². The molecule has 0 radical (unpaired) electrons. The molecule has 0 aliphatic heterocycles. The van der Waals surface area contributed by atoms with Crippen LogP contribution in [0.2, 0.25) is 0 Å². The third-order valence-corrected chi connectivity index (χ3v) is 3.03. The predicted octanol–water partition coefficient (Wildman–Crippen LogP) is 2.06. The summed E-state index contributed by atoms with van der Waals surface area (Å²) >= 11 is 5.00. The van der Waals surface area contributed by atoms with Gasteiger partial charge in [-0.25, -0.2) is 0 Å². The van der Waals surface area contributed by atoms with Crippen molar-refractivity contribution >= 4 is 17.2 Å². The number of hydrogen-bond donors (Lipinski definition) is 1. The van der Waals surface area contributed by atoms with Gasteiger partial charge >= 0.3 is 0 Å². The Kier molecular flexibility index (Phi) is 7.51. The van der Waals surface area contributed by atoms with Crippen molar-refractivity contribution in [1.82, 2.24) is 4.90 Å². The van der Waals surface area contributed by atoms with Gasteiger partial charge < -0.3 is 20.1 Å². The van der Waals surface area contributed by atoms with Crippen molar-refractivity contribution in [3.05, 3.63) is 29.8 Å². The molecule has 112 valence electrons. The van der Waals surface area contributed by atoms with Crippen molar-refractivity contribution in [2.24, 2.45) is 5.73 Å². The zero-order valence-electron chi connectivity index (χ0n) is 12.5. The molecule has 0 saturated carbocycles. The highest BCUT2D eigenvalue weighted by Crippen LogP contribution is 2.17. The number of benzene rings is 1. The van der Waals surface area contributed by atoms with E-state index in [1.807, 2.05) is 45.2 Å². The Morgan fingerprint density at radius 2 is 1.90 bits per heavy atom. The highest BCUT2D eigenvalue weighted by atomic mass is 32.1. The topological polar surface area (TPSA) is 47.7 Å². The molecule has 1 rings (SSSR count). The quantitative estimate of drug-likeness (QED) is 0.707. The second-order valence-electron chi connectivity index (χ2n) is 4.93. The van der Waals surface area contributed by atoms with Crippen molar-refractivity contribution in [3.8, 4) is 5.75 Å². The molecule has 1 aromatic rings. The fourth-order valence-corrected chi connectivity index (χ4v) is 1.83. The van der Waals surface area contributed by atoms with Crippen LogP contribution >= 0.6 is 12.2 Å². The first-order valence-corrected chi connectivity index (χ1v) is 7.23. The van der Waals surface area contributed by atoms with E-state index in [9.17, 15) is 0 Å². The maximum atomic E-state index is 5.75. The number of nitrogens with zero attached hydrogens (tertiary/aromatic N) is 1. The average molecular weight is 296 g/mol. The molecule has 5 heteroatoms. The fraction of sp³-hybridized carbons (Fsp3) is 0.533. The van der Waals surface area contributed by atoms with Crippen LogP contribution in [-0.2, 0) is 4.74 Å². The monoisotopic (exact) mass is 296 g/mol. The number of hydrogen-bond acceptors (Lipinski definition) is 4. The summed E-state index contributed by atoms with van der Waals surface area (Å²) in [4.78, 5) is 2.53. The van der Waals surface area contributed by atoms with E-state index < -0.39 is 0 Å². The number of rotatable bonds is 9. The van der Waals surface area contributed by atoms with Crippen LogP contribution in [0.4, 0.5) is 0 Å². The lowest BCUT2D eigenvalue weighted by atomic mass is 10.2. The number of thiocarbonyl (C=S) groups is 1. The van der Waals surface area contributed by atoms with Gasteiger partial charge in [-0.15, -0.1) is 0 Å². The Morgan fingerprint density at radius 1 is 1.25 bits per heavy atom. The summed E-state index contributed by atoms with van der Waals surface area (Å²) < 4.78 is 11.3. The third kappa shape index (κ3) is 6.32. The third-order valence-electron chi connectivity index (χ3n) is 2.81. The Morgan fingerprint density at radius 3 is 2.55 bits per heavy atom. The molecule has 4 nitrogen and oxygen atoms in total. The first-order valence-electron chi connectivity index (χ1n) is 6.82. The molecule has 2 N–H and O–H groups in total. The molecule has 0 unspecified atom stereocenters. The van der Waals surface area contributed by atoms with Gasteiger partial charge in [-0.05, 0) is 33.0 Å². The summed E-state index contributed by atoms with van der Waals surface area (Å²) in [5.74, 6) is 0.742. The summed E-state index contributed by atoms with van der Waals surface area (Å²) in [7, 11) is 2.05. The first-order chi connectivity index (χ1) is 9.50. The van der Waals surface area contributed by atoms with Gasteiger partial charge in [-0.3, -0.25) is 0 Å². The SMILES string of the molecule is CC(C)OCCN(C)CCOc1ccccc1C(N)=S. The van der Waals surface area contributed by atoms with Crippen molar-refractivity contribution < 1.29 is 9.47 Å². The number of likely N-dealkylation sites (N-methyl/N-ethyl adjacent to an activating group) is 1. The van der Waals surface area contributed by atoms with E-state index in [0.29, 0.717) is 11.6 Å². The summed E-state index contributed by atoms with van der Waals surface area (Å²) in [6.07, 6.45) is 0.275. The van der Waals surface area contributed by atoms with Gasteiger partial charge in [0, 0.05) is 13.1 Å². The van der Waals surface area contributed by atoms with Crippen LogP contribution < -0.4 is 10.5 Å². The number of para-hydroxylation sites is 1. The van der Waals surface area contributed by atoms with E-state index >= 15 is 0 Å². The normalized spacial score (nSPS) is 11.1. The van der Waals surface area contributed by atoms with Crippen LogP contribution in [0, 0.1) is 0 Å². The second kappa shape index (κ2) is 8.89. The zero-order valence-corrected chi connectivity index (χ0v) is 13.3. The van der Waals surface area contributed by atoms with Crippen LogP contribution in [-0.4, -0.2) is 49.3 Å². The minimum Gasteiger partial charge on any atom is -0.492 e. The molecule has 0 atom stereocenters. The van der Waals surface area contributed by atoms with Gasteiger partial charge in [0.05, 0.1) is 18.3 Å². The van der Waals surface area contributed by atoms with Crippen LogP contribution in [0.1, 0.15) is 19.4 Å². The van der Waals surface area contributed by atoms with E-state index in [2.05, 4.69) is 4.90 Å². The molecule has 0 heterocycles.